The van der Waals surface area contributed by atoms with E-state index in [0.717, 1.165) is 13.0 Å². The van der Waals surface area contributed by atoms with Crippen molar-refractivity contribution in [3.8, 4) is 0 Å². The molecule has 0 aromatic carbocycles. The molecule has 0 spiro atoms. The minimum absolute atomic E-state index is 0.0185. The lowest BCUT2D eigenvalue weighted by Gasteiger charge is -2.21. The number of nitrogens with zero attached hydrogens (tertiary/aromatic N) is 1. The van der Waals surface area contributed by atoms with Crippen LogP contribution in [0, 0.1) is 0 Å². The smallest absolute Gasteiger partial charge is 0.237 e. The zero-order valence-electron chi connectivity index (χ0n) is 8.29. The summed E-state index contributed by atoms with van der Waals surface area (Å²) in [6.07, 6.45) is 1.24. The number of carbonyl (C=O) groups is 1. The summed E-state index contributed by atoms with van der Waals surface area (Å²) >= 11 is 0. The predicted octanol–water partition coefficient (Wildman–Crippen LogP) is -0.422. The Labute approximate surface area is 78.9 Å². The third kappa shape index (κ3) is 2.42. The van der Waals surface area contributed by atoms with E-state index < -0.39 is 0 Å². The lowest BCUT2D eigenvalue weighted by molar-refractivity contribution is -0.125. The average Bonchev–Trinajstić information content (AvgIpc) is 2.46. The van der Waals surface area contributed by atoms with E-state index in [9.17, 15) is 9.90 Å². The van der Waals surface area contributed by atoms with Crippen molar-refractivity contribution in [1.82, 2.24) is 10.2 Å². The van der Waals surface area contributed by atoms with Crippen LogP contribution in [0.4, 0.5) is 0 Å². The summed E-state index contributed by atoms with van der Waals surface area (Å²) in [5.74, 6) is 0.0185. The monoisotopic (exact) mass is 186 g/mol. The fraction of sp³-hybridized carbons (Fsp3) is 0.889. The zero-order chi connectivity index (χ0) is 9.84. The number of β-amino-alcohol motifs (C(OH)–C–C–N with tert-alkyl or cyclic N) is 1. The molecule has 2 atom stereocenters. The summed E-state index contributed by atoms with van der Waals surface area (Å²) in [4.78, 5) is 13.4. The molecule has 1 aliphatic rings. The Morgan fingerprint density at radius 3 is 2.92 bits per heavy atom. The van der Waals surface area contributed by atoms with Crippen molar-refractivity contribution in [2.45, 2.75) is 31.9 Å². The first kappa shape index (κ1) is 10.5. The maximum absolute atomic E-state index is 11.4. The third-order valence-electron chi connectivity index (χ3n) is 2.44. The number of hydrogen-bond donors (Lipinski definition) is 2. The number of likely N-dealkylation sites (N-methyl/N-ethyl adjacent to an activating group) is 1. The van der Waals surface area contributed by atoms with Gasteiger partial charge in [-0.2, -0.15) is 0 Å². The number of rotatable bonds is 3. The van der Waals surface area contributed by atoms with Crippen LogP contribution in [-0.4, -0.2) is 48.2 Å². The number of hydrogen-bond acceptors (Lipinski definition) is 3. The molecule has 0 aromatic rings. The van der Waals surface area contributed by atoms with E-state index in [2.05, 4.69) is 12.2 Å². The second kappa shape index (κ2) is 4.58. The minimum Gasteiger partial charge on any atom is -0.392 e. The second-order valence-electron chi connectivity index (χ2n) is 3.51. The van der Waals surface area contributed by atoms with Gasteiger partial charge in [-0.1, -0.05) is 6.92 Å². The van der Waals surface area contributed by atoms with Crippen molar-refractivity contribution >= 4 is 5.91 Å². The molecule has 0 aromatic heterocycles. The molecular weight excluding hydrogens is 168 g/mol. The number of nitrogens with one attached hydrogen (secondary N) is 1. The molecule has 1 aliphatic heterocycles. The standard InChI is InChI=1S/C9H18N2O2/c1-3-4-11-6-7(12)5-8(11)9(13)10-2/h7-8,12H,3-6H2,1-2H3,(H,10,13). The van der Waals surface area contributed by atoms with E-state index in [-0.39, 0.29) is 18.1 Å². The van der Waals surface area contributed by atoms with Crippen LogP contribution >= 0.6 is 0 Å². The second-order valence-corrected chi connectivity index (χ2v) is 3.51. The molecule has 1 heterocycles. The summed E-state index contributed by atoms with van der Waals surface area (Å²) in [6, 6.07) is -0.125. The highest BCUT2D eigenvalue weighted by atomic mass is 16.3. The first-order valence-corrected chi connectivity index (χ1v) is 4.82. The lowest BCUT2D eigenvalue weighted by Crippen LogP contribution is -2.42. The van der Waals surface area contributed by atoms with Gasteiger partial charge in [-0.05, 0) is 19.4 Å². The van der Waals surface area contributed by atoms with Crippen molar-refractivity contribution in [3.63, 3.8) is 0 Å². The van der Waals surface area contributed by atoms with Gasteiger partial charge in [0.05, 0.1) is 12.1 Å². The highest BCUT2D eigenvalue weighted by Gasteiger charge is 2.34. The van der Waals surface area contributed by atoms with Crippen LogP contribution in [0.1, 0.15) is 19.8 Å². The van der Waals surface area contributed by atoms with E-state index in [1.54, 1.807) is 7.05 Å². The molecule has 13 heavy (non-hydrogen) atoms. The molecule has 4 heteroatoms. The Bertz CT molecular complexity index is 184. The van der Waals surface area contributed by atoms with E-state index in [1.807, 2.05) is 4.90 Å². The maximum Gasteiger partial charge on any atom is 0.237 e. The topological polar surface area (TPSA) is 52.6 Å². The summed E-state index contributed by atoms with van der Waals surface area (Å²) in [7, 11) is 1.64. The Kier molecular flexibility index (Phi) is 3.69. The molecule has 2 unspecified atom stereocenters. The van der Waals surface area contributed by atoms with Crippen molar-refractivity contribution in [1.29, 1.82) is 0 Å². The first-order valence-electron chi connectivity index (χ1n) is 4.82. The Balaban J connectivity index is 2.55. The number of amides is 1. The summed E-state index contributed by atoms with van der Waals surface area (Å²) in [5.41, 5.74) is 0. The Morgan fingerprint density at radius 1 is 1.69 bits per heavy atom. The van der Waals surface area contributed by atoms with Crippen LogP contribution in [0.15, 0.2) is 0 Å². The molecule has 1 rings (SSSR count). The molecule has 0 bridgehead atoms. The van der Waals surface area contributed by atoms with Crippen molar-refractivity contribution in [2.24, 2.45) is 0 Å². The Hall–Kier alpha value is -0.610. The van der Waals surface area contributed by atoms with E-state index >= 15 is 0 Å². The minimum atomic E-state index is -0.339. The predicted molar refractivity (Wildman–Crippen MR) is 50.3 cm³/mol. The summed E-state index contributed by atoms with van der Waals surface area (Å²) < 4.78 is 0. The third-order valence-corrected chi connectivity index (χ3v) is 2.44. The van der Waals surface area contributed by atoms with E-state index in [0.29, 0.717) is 13.0 Å². The van der Waals surface area contributed by atoms with Crippen molar-refractivity contribution in [3.05, 3.63) is 0 Å². The van der Waals surface area contributed by atoms with Gasteiger partial charge in [-0.15, -0.1) is 0 Å². The van der Waals surface area contributed by atoms with Crippen LogP contribution in [0.25, 0.3) is 0 Å². The number of aliphatic hydroxyl groups is 1. The largest absolute Gasteiger partial charge is 0.392 e. The highest BCUT2D eigenvalue weighted by molar-refractivity contribution is 5.81. The molecule has 4 nitrogen and oxygen atoms in total. The fourth-order valence-electron chi connectivity index (χ4n) is 1.85. The van der Waals surface area contributed by atoms with Gasteiger partial charge >= 0.3 is 0 Å². The van der Waals surface area contributed by atoms with Crippen molar-refractivity contribution < 1.29 is 9.90 Å². The SMILES string of the molecule is CCCN1CC(O)CC1C(=O)NC. The Morgan fingerprint density at radius 2 is 2.38 bits per heavy atom. The van der Waals surface area contributed by atoms with Gasteiger partial charge in [-0.25, -0.2) is 0 Å². The van der Waals surface area contributed by atoms with E-state index in [1.165, 1.54) is 0 Å². The molecule has 1 fully saturated rings. The molecule has 76 valence electrons. The number of likely N-dealkylation sites (tertiary alicyclic amines) is 1. The van der Waals surface area contributed by atoms with Gasteiger partial charge in [0.1, 0.15) is 0 Å². The molecule has 1 amide bonds. The van der Waals surface area contributed by atoms with Gasteiger partial charge in [0, 0.05) is 13.6 Å². The first-order chi connectivity index (χ1) is 6.19. The molecule has 0 radical (unpaired) electrons. The molecule has 1 saturated heterocycles. The maximum atomic E-state index is 11.4. The quantitative estimate of drug-likeness (QED) is 0.629. The normalized spacial score (nSPS) is 29.2. The van der Waals surface area contributed by atoms with Gasteiger partial charge in [0.15, 0.2) is 0 Å². The highest BCUT2D eigenvalue weighted by Crippen LogP contribution is 2.17. The number of carbonyl (C=O) groups excluding carboxylic acids is 1. The van der Waals surface area contributed by atoms with Crippen LogP contribution in [-0.2, 0) is 4.79 Å². The lowest BCUT2D eigenvalue weighted by atomic mass is 10.2. The number of aliphatic hydroxyl groups excluding tert-OH is 1. The van der Waals surface area contributed by atoms with Gasteiger partial charge < -0.3 is 10.4 Å². The summed E-state index contributed by atoms with van der Waals surface area (Å²) in [6.45, 7) is 3.59. The molecule has 0 aliphatic carbocycles. The van der Waals surface area contributed by atoms with Crippen LogP contribution in [0.2, 0.25) is 0 Å². The van der Waals surface area contributed by atoms with Crippen LogP contribution in [0.3, 0.4) is 0 Å². The van der Waals surface area contributed by atoms with Crippen LogP contribution < -0.4 is 5.32 Å². The zero-order valence-corrected chi connectivity index (χ0v) is 8.29. The summed E-state index contributed by atoms with van der Waals surface area (Å²) in [5, 5.41) is 12.0. The van der Waals surface area contributed by atoms with Crippen LogP contribution in [0.5, 0.6) is 0 Å². The molecule has 0 saturated carbocycles. The van der Waals surface area contributed by atoms with Gasteiger partial charge in [-0.3, -0.25) is 9.69 Å². The van der Waals surface area contributed by atoms with E-state index in [4.69, 9.17) is 0 Å². The van der Waals surface area contributed by atoms with Gasteiger partial charge in [0.25, 0.3) is 0 Å². The molecule has 2 N–H and O–H groups in total. The average molecular weight is 186 g/mol. The fourth-order valence-corrected chi connectivity index (χ4v) is 1.85. The van der Waals surface area contributed by atoms with Gasteiger partial charge in [0.2, 0.25) is 5.91 Å². The van der Waals surface area contributed by atoms with Crippen molar-refractivity contribution in [2.75, 3.05) is 20.1 Å². The molecular formula is C9H18N2O2.